The monoisotopic (exact) mass is 422 g/mol. The minimum atomic E-state index is -0.815. The fourth-order valence-electron chi connectivity index (χ4n) is 3.61. The minimum Gasteiger partial charge on any atom is -0.497 e. The molecule has 8 heteroatoms. The molecule has 3 aromatic rings. The van der Waals surface area contributed by atoms with Crippen molar-refractivity contribution >= 4 is 17.5 Å². The minimum absolute atomic E-state index is 0.144. The van der Waals surface area contributed by atoms with E-state index in [-0.39, 0.29) is 12.5 Å². The van der Waals surface area contributed by atoms with Gasteiger partial charge in [0.15, 0.2) is 0 Å². The van der Waals surface area contributed by atoms with E-state index in [1.807, 2.05) is 31.2 Å². The first-order chi connectivity index (χ1) is 14.5. The number of H-pyrrole nitrogens is 1. The predicted octanol–water partition coefficient (Wildman–Crippen LogP) is 4.60. The van der Waals surface area contributed by atoms with Gasteiger partial charge in [-0.1, -0.05) is 35.9 Å². The van der Waals surface area contributed by atoms with Crippen molar-refractivity contribution in [3.8, 4) is 23.4 Å². The van der Waals surface area contributed by atoms with E-state index < -0.39 is 11.8 Å². The Morgan fingerprint density at radius 1 is 1.30 bits per heavy atom. The molecular formula is C22H19ClN4O3. The van der Waals surface area contributed by atoms with Crippen LogP contribution in [0.1, 0.15) is 28.3 Å². The first kappa shape index (κ1) is 19.8. The number of hydrogen-bond acceptors (Lipinski definition) is 6. The zero-order chi connectivity index (χ0) is 21.3. The largest absolute Gasteiger partial charge is 0.497 e. The Morgan fingerprint density at radius 3 is 2.83 bits per heavy atom. The molecule has 2 heterocycles. The molecule has 7 nitrogen and oxygen atoms in total. The second-order valence-corrected chi connectivity index (χ2v) is 7.31. The highest BCUT2D eigenvalue weighted by Gasteiger charge is 2.41. The van der Waals surface area contributed by atoms with Gasteiger partial charge in [-0.25, -0.2) is 0 Å². The van der Waals surface area contributed by atoms with Gasteiger partial charge in [0.1, 0.15) is 24.0 Å². The Kier molecular flexibility index (Phi) is 5.34. The van der Waals surface area contributed by atoms with Crippen LogP contribution in [0.3, 0.4) is 0 Å². The van der Waals surface area contributed by atoms with Crippen LogP contribution in [0.25, 0.3) is 0 Å². The zero-order valence-electron chi connectivity index (χ0n) is 16.4. The number of nitrogens with zero attached hydrogens (tertiary/aromatic N) is 2. The number of halogens is 1. The van der Waals surface area contributed by atoms with Crippen molar-refractivity contribution in [2.24, 2.45) is 5.92 Å². The van der Waals surface area contributed by atoms with E-state index in [0.717, 1.165) is 22.4 Å². The van der Waals surface area contributed by atoms with Gasteiger partial charge in [-0.15, -0.1) is 5.10 Å². The highest BCUT2D eigenvalue weighted by Crippen LogP contribution is 2.46. The highest BCUT2D eigenvalue weighted by molar-refractivity contribution is 6.31. The number of fused-ring (bicyclic) bond motifs is 1. The number of hydrogen-bond donors (Lipinski definition) is 2. The summed E-state index contributed by atoms with van der Waals surface area (Å²) in [7, 11) is 1.58. The lowest BCUT2D eigenvalue weighted by Crippen LogP contribution is -2.31. The van der Waals surface area contributed by atoms with Crippen molar-refractivity contribution < 1.29 is 14.2 Å². The second kappa shape index (κ2) is 8.09. The van der Waals surface area contributed by atoms with Crippen LogP contribution in [0.2, 0.25) is 5.02 Å². The maximum atomic E-state index is 9.80. The van der Waals surface area contributed by atoms with Crippen molar-refractivity contribution in [3.63, 3.8) is 0 Å². The van der Waals surface area contributed by atoms with Crippen molar-refractivity contribution in [1.29, 1.82) is 10.7 Å². The molecule has 0 aliphatic carbocycles. The zero-order valence-corrected chi connectivity index (χ0v) is 17.2. The van der Waals surface area contributed by atoms with Crippen molar-refractivity contribution in [1.82, 2.24) is 10.2 Å². The Labute approximate surface area is 178 Å². The number of aryl methyl sites for hydroxylation is 1. The van der Waals surface area contributed by atoms with Gasteiger partial charge < -0.3 is 14.2 Å². The third-order valence-electron chi connectivity index (χ3n) is 5.13. The van der Waals surface area contributed by atoms with Gasteiger partial charge in [-0.05, 0) is 19.1 Å². The lowest BCUT2D eigenvalue weighted by molar-refractivity contribution is 0.297. The van der Waals surface area contributed by atoms with Gasteiger partial charge in [-0.3, -0.25) is 10.5 Å². The molecule has 4 rings (SSSR count). The Balaban J connectivity index is 1.80. The summed E-state index contributed by atoms with van der Waals surface area (Å²) in [5.41, 5.74) is 3.10. The topological polar surface area (TPSA) is 104 Å². The molecule has 0 amide bonds. The summed E-state index contributed by atoms with van der Waals surface area (Å²) in [6.45, 7) is 2.11. The lowest BCUT2D eigenvalue weighted by atomic mass is 9.79. The molecule has 0 spiro atoms. The third-order valence-corrected chi connectivity index (χ3v) is 5.50. The molecule has 1 aliphatic heterocycles. The molecule has 0 saturated heterocycles. The Bertz CT molecular complexity index is 1150. The maximum Gasteiger partial charge on any atom is 0.243 e. The quantitative estimate of drug-likeness (QED) is 0.625. The molecule has 0 saturated carbocycles. The van der Waals surface area contributed by atoms with Crippen molar-refractivity contribution in [3.05, 3.63) is 69.9 Å². The first-order valence-electron chi connectivity index (χ1n) is 9.28. The number of methoxy groups -OCH3 is 1. The van der Waals surface area contributed by atoms with Crippen LogP contribution in [-0.2, 0) is 6.61 Å². The molecule has 2 unspecified atom stereocenters. The standard InChI is InChI=1S/C22H19ClN4O3/c1-12-19-20(16(10-24)21(25)30-22(19)27-26-12)15-8-7-14(28-2)9-18(15)29-11-13-5-3-4-6-17(13)23/h3-9,16,20,25H,11H2,1-2H3,(H,26,27). The summed E-state index contributed by atoms with van der Waals surface area (Å²) in [6.07, 6.45) is 0. The van der Waals surface area contributed by atoms with Crippen LogP contribution < -0.4 is 14.2 Å². The Morgan fingerprint density at radius 2 is 2.10 bits per heavy atom. The number of benzene rings is 2. The van der Waals surface area contributed by atoms with E-state index in [1.165, 1.54) is 0 Å². The van der Waals surface area contributed by atoms with E-state index in [2.05, 4.69) is 16.3 Å². The van der Waals surface area contributed by atoms with E-state index in [9.17, 15) is 5.26 Å². The van der Waals surface area contributed by atoms with Gasteiger partial charge in [0.25, 0.3) is 0 Å². The second-order valence-electron chi connectivity index (χ2n) is 6.90. The van der Waals surface area contributed by atoms with E-state index in [1.54, 1.807) is 25.3 Å². The summed E-state index contributed by atoms with van der Waals surface area (Å²) >= 11 is 6.27. The smallest absolute Gasteiger partial charge is 0.243 e. The average molecular weight is 423 g/mol. The summed E-state index contributed by atoms with van der Waals surface area (Å²) in [5, 5.41) is 25.6. The molecule has 2 N–H and O–H groups in total. The number of rotatable bonds is 5. The maximum absolute atomic E-state index is 9.80. The number of ether oxygens (including phenoxy) is 3. The third kappa shape index (κ3) is 3.46. The van der Waals surface area contributed by atoms with Crippen LogP contribution in [-0.4, -0.2) is 23.2 Å². The van der Waals surface area contributed by atoms with Crippen molar-refractivity contribution in [2.45, 2.75) is 19.4 Å². The van der Waals surface area contributed by atoms with Crippen LogP contribution in [0, 0.1) is 29.6 Å². The number of nitrogens with one attached hydrogen (secondary N) is 2. The number of nitriles is 1. The summed E-state index contributed by atoms with van der Waals surface area (Å²) < 4.78 is 17.0. The Hall–Kier alpha value is -3.50. The summed E-state index contributed by atoms with van der Waals surface area (Å²) in [4.78, 5) is 0. The van der Waals surface area contributed by atoms with Crippen LogP contribution in [0.5, 0.6) is 17.4 Å². The lowest BCUT2D eigenvalue weighted by Gasteiger charge is -2.29. The predicted molar refractivity (Wildman–Crippen MR) is 111 cm³/mol. The van der Waals surface area contributed by atoms with Gasteiger partial charge >= 0.3 is 0 Å². The number of aromatic amines is 1. The summed E-state index contributed by atoms with van der Waals surface area (Å²) in [5.74, 6) is 0.0340. The molecule has 1 aliphatic rings. The average Bonchev–Trinajstić information content (AvgIpc) is 3.12. The molecular weight excluding hydrogens is 404 g/mol. The SMILES string of the molecule is COc1ccc(C2c3c(n[nH]c3C)OC(=N)C2C#N)c(OCc2ccccc2Cl)c1. The van der Waals surface area contributed by atoms with Gasteiger partial charge in [0.2, 0.25) is 11.8 Å². The fraction of sp³-hybridized carbons (Fsp3) is 0.227. The normalized spacial score (nSPS) is 17.6. The van der Waals surface area contributed by atoms with Crippen molar-refractivity contribution in [2.75, 3.05) is 7.11 Å². The summed E-state index contributed by atoms with van der Waals surface area (Å²) in [6, 6.07) is 15.1. The van der Waals surface area contributed by atoms with E-state index in [0.29, 0.717) is 22.4 Å². The van der Waals surface area contributed by atoms with Gasteiger partial charge in [0.05, 0.1) is 13.2 Å². The molecule has 0 bridgehead atoms. The number of aromatic nitrogens is 2. The molecule has 2 atom stereocenters. The molecule has 0 radical (unpaired) electrons. The van der Waals surface area contributed by atoms with E-state index in [4.69, 9.17) is 31.2 Å². The molecule has 30 heavy (non-hydrogen) atoms. The van der Waals surface area contributed by atoms with Gasteiger partial charge in [-0.2, -0.15) is 5.26 Å². The highest BCUT2D eigenvalue weighted by atomic mass is 35.5. The van der Waals surface area contributed by atoms with Crippen LogP contribution in [0.15, 0.2) is 42.5 Å². The molecule has 0 fully saturated rings. The van der Waals surface area contributed by atoms with E-state index >= 15 is 0 Å². The van der Waals surface area contributed by atoms with Gasteiger partial charge in [0, 0.05) is 39.4 Å². The van der Waals surface area contributed by atoms with Crippen LogP contribution >= 0.6 is 11.6 Å². The van der Waals surface area contributed by atoms with Crippen LogP contribution in [0.4, 0.5) is 0 Å². The molecule has 2 aromatic carbocycles. The molecule has 1 aromatic heterocycles. The first-order valence-corrected chi connectivity index (χ1v) is 9.66. The fourth-order valence-corrected chi connectivity index (χ4v) is 3.80. The molecule has 152 valence electrons.